The van der Waals surface area contributed by atoms with Crippen LogP contribution in [0.15, 0.2) is 29.3 Å². The van der Waals surface area contributed by atoms with Crippen LogP contribution in [0.2, 0.25) is 0 Å². The summed E-state index contributed by atoms with van der Waals surface area (Å²) in [6, 6.07) is 7.37. The van der Waals surface area contributed by atoms with E-state index in [-0.39, 0.29) is 0 Å². The Morgan fingerprint density at radius 2 is 2.17 bits per heavy atom. The molecule has 0 aromatic heterocycles. The summed E-state index contributed by atoms with van der Waals surface area (Å²) < 4.78 is 5.17. The molecule has 1 aliphatic heterocycles. The van der Waals surface area contributed by atoms with Gasteiger partial charge in [-0.25, -0.2) is 4.99 Å². The zero-order valence-electron chi connectivity index (χ0n) is 6.69. The smallest absolute Gasteiger partial charge is 0.237 e. The average molecular weight is 163 g/mol. The summed E-state index contributed by atoms with van der Waals surface area (Å²) in [5, 5.41) is 9.27. The Bertz CT molecular complexity index is 333. The minimum atomic E-state index is -0.889. The normalized spacial score (nSPS) is 20.8. The summed E-state index contributed by atoms with van der Waals surface area (Å²) in [5.41, 5.74) is 1.37. The molecule has 0 fully saturated rings. The van der Waals surface area contributed by atoms with E-state index in [0.717, 1.165) is 5.69 Å². The molecule has 0 radical (unpaired) electrons. The fourth-order valence-corrected chi connectivity index (χ4v) is 1.10. The molecule has 1 unspecified atom stereocenters. The number of para-hydroxylation sites is 2. The molecule has 0 amide bonds. The maximum atomic E-state index is 9.27. The second kappa shape index (κ2) is 2.60. The molecule has 1 aromatic carbocycles. The third-order valence-electron chi connectivity index (χ3n) is 1.76. The average Bonchev–Trinajstić information content (AvgIpc) is 2.07. The van der Waals surface area contributed by atoms with E-state index < -0.39 is 6.29 Å². The van der Waals surface area contributed by atoms with Crippen LogP contribution < -0.4 is 4.74 Å². The SMILES string of the molecule is CC1=Nc2ccccc2OC1O. The van der Waals surface area contributed by atoms with Crippen LogP contribution in [0.4, 0.5) is 5.69 Å². The maximum absolute atomic E-state index is 9.27. The predicted molar refractivity (Wildman–Crippen MR) is 45.8 cm³/mol. The third kappa shape index (κ3) is 1.08. The van der Waals surface area contributed by atoms with Gasteiger partial charge >= 0.3 is 0 Å². The number of rotatable bonds is 0. The van der Waals surface area contributed by atoms with Crippen LogP contribution in [-0.2, 0) is 0 Å². The quantitative estimate of drug-likeness (QED) is 0.629. The highest BCUT2D eigenvalue weighted by Crippen LogP contribution is 2.31. The number of aliphatic imine (C=N–C) groups is 1. The van der Waals surface area contributed by atoms with Crippen molar-refractivity contribution < 1.29 is 9.84 Å². The van der Waals surface area contributed by atoms with E-state index >= 15 is 0 Å². The van der Waals surface area contributed by atoms with Gasteiger partial charge in [0, 0.05) is 0 Å². The first-order chi connectivity index (χ1) is 5.77. The lowest BCUT2D eigenvalue weighted by Gasteiger charge is -2.19. The summed E-state index contributed by atoms with van der Waals surface area (Å²) in [4.78, 5) is 4.17. The Kier molecular flexibility index (Phi) is 1.59. The van der Waals surface area contributed by atoms with E-state index in [9.17, 15) is 5.11 Å². The van der Waals surface area contributed by atoms with Gasteiger partial charge in [0.15, 0.2) is 0 Å². The third-order valence-corrected chi connectivity index (χ3v) is 1.76. The van der Waals surface area contributed by atoms with Crippen molar-refractivity contribution in [1.82, 2.24) is 0 Å². The van der Waals surface area contributed by atoms with Crippen LogP contribution in [-0.4, -0.2) is 17.1 Å². The molecule has 1 aliphatic rings. The van der Waals surface area contributed by atoms with Crippen molar-refractivity contribution in [3.63, 3.8) is 0 Å². The van der Waals surface area contributed by atoms with Gasteiger partial charge in [-0.3, -0.25) is 0 Å². The molecule has 12 heavy (non-hydrogen) atoms. The molecule has 62 valence electrons. The Hall–Kier alpha value is -1.35. The van der Waals surface area contributed by atoms with Gasteiger partial charge in [-0.05, 0) is 19.1 Å². The highest BCUT2D eigenvalue weighted by Gasteiger charge is 2.17. The molecule has 1 aromatic rings. The monoisotopic (exact) mass is 163 g/mol. The summed E-state index contributed by atoms with van der Waals surface area (Å²) in [5.74, 6) is 0.635. The van der Waals surface area contributed by atoms with Crippen molar-refractivity contribution >= 4 is 11.4 Å². The Morgan fingerprint density at radius 3 is 3.00 bits per heavy atom. The van der Waals surface area contributed by atoms with Crippen molar-refractivity contribution in [2.75, 3.05) is 0 Å². The minimum Gasteiger partial charge on any atom is -0.457 e. The molecule has 0 saturated carbocycles. The lowest BCUT2D eigenvalue weighted by Crippen LogP contribution is -2.26. The minimum absolute atomic E-state index is 0.591. The van der Waals surface area contributed by atoms with Crippen molar-refractivity contribution in [1.29, 1.82) is 0 Å². The van der Waals surface area contributed by atoms with Crippen LogP contribution in [0.25, 0.3) is 0 Å². The molecule has 0 aliphatic carbocycles. The summed E-state index contributed by atoms with van der Waals surface area (Å²) >= 11 is 0. The first kappa shape index (κ1) is 7.31. The van der Waals surface area contributed by atoms with Gasteiger partial charge in [0.1, 0.15) is 11.4 Å². The van der Waals surface area contributed by atoms with E-state index in [1.165, 1.54) is 0 Å². The summed E-state index contributed by atoms with van der Waals surface area (Å²) in [7, 11) is 0. The second-order valence-electron chi connectivity index (χ2n) is 2.69. The van der Waals surface area contributed by atoms with Gasteiger partial charge in [-0.2, -0.15) is 0 Å². The number of aliphatic hydroxyl groups excluding tert-OH is 1. The number of ether oxygens (including phenoxy) is 1. The van der Waals surface area contributed by atoms with Gasteiger partial charge in [0.2, 0.25) is 6.29 Å². The number of nitrogens with zero attached hydrogens (tertiary/aromatic N) is 1. The Labute approximate surface area is 70.3 Å². The van der Waals surface area contributed by atoms with Gasteiger partial charge in [0.05, 0.1) is 5.71 Å². The van der Waals surface area contributed by atoms with E-state index in [1.54, 1.807) is 13.0 Å². The molecule has 1 atom stereocenters. The molecular formula is C9H9NO2. The number of hydrogen-bond donors (Lipinski definition) is 1. The molecule has 0 spiro atoms. The summed E-state index contributed by atoms with van der Waals surface area (Å²) in [6.07, 6.45) is -0.889. The predicted octanol–water partition coefficient (Wildman–Crippen LogP) is 1.49. The van der Waals surface area contributed by atoms with Gasteiger partial charge in [-0.1, -0.05) is 12.1 Å². The fraction of sp³-hybridized carbons (Fsp3) is 0.222. The van der Waals surface area contributed by atoms with E-state index in [4.69, 9.17) is 4.74 Å². The van der Waals surface area contributed by atoms with Crippen molar-refractivity contribution in [2.24, 2.45) is 4.99 Å². The highest BCUT2D eigenvalue weighted by molar-refractivity contribution is 5.89. The number of aliphatic hydroxyl groups is 1. The van der Waals surface area contributed by atoms with Crippen LogP contribution in [0.3, 0.4) is 0 Å². The van der Waals surface area contributed by atoms with Gasteiger partial charge < -0.3 is 9.84 Å². The number of hydrogen-bond acceptors (Lipinski definition) is 3. The number of benzene rings is 1. The molecular weight excluding hydrogens is 154 g/mol. The van der Waals surface area contributed by atoms with Gasteiger partial charge in [0.25, 0.3) is 0 Å². The van der Waals surface area contributed by atoms with E-state index in [2.05, 4.69) is 4.99 Å². The molecule has 1 N–H and O–H groups in total. The first-order valence-corrected chi connectivity index (χ1v) is 3.76. The van der Waals surface area contributed by atoms with Crippen LogP contribution in [0.1, 0.15) is 6.92 Å². The standard InChI is InChI=1S/C9H9NO2/c1-6-9(11)12-8-5-3-2-4-7(8)10-6/h2-5,9,11H,1H3. The molecule has 0 saturated heterocycles. The second-order valence-corrected chi connectivity index (χ2v) is 2.69. The lowest BCUT2D eigenvalue weighted by atomic mass is 10.2. The Balaban J connectivity index is 2.49. The molecule has 3 nitrogen and oxygen atoms in total. The van der Waals surface area contributed by atoms with Crippen LogP contribution in [0, 0.1) is 0 Å². The van der Waals surface area contributed by atoms with E-state index in [1.807, 2.05) is 18.2 Å². The summed E-state index contributed by atoms with van der Waals surface area (Å²) in [6.45, 7) is 1.74. The van der Waals surface area contributed by atoms with Crippen molar-refractivity contribution in [2.45, 2.75) is 13.2 Å². The molecule has 0 bridgehead atoms. The van der Waals surface area contributed by atoms with E-state index in [0.29, 0.717) is 11.5 Å². The van der Waals surface area contributed by atoms with Crippen LogP contribution in [0.5, 0.6) is 5.75 Å². The fourth-order valence-electron chi connectivity index (χ4n) is 1.10. The molecule has 3 heteroatoms. The zero-order valence-corrected chi connectivity index (χ0v) is 6.69. The zero-order chi connectivity index (χ0) is 8.55. The first-order valence-electron chi connectivity index (χ1n) is 3.76. The number of fused-ring (bicyclic) bond motifs is 1. The van der Waals surface area contributed by atoms with Gasteiger partial charge in [-0.15, -0.1) is 0 Å². The lowest BCUT2D eigenvalue weighted by molar-refractivity contribution is 0.0392. The Morgan fingerprint density at radius 1 is 1.42 bits per heavy atom. The molecule has 2 rings (SSSR count). The maximum Gasteiger partial charge on any atom is 0.237 e. The van der Waals surface area contributed by atoms with Crippen molar-refractivity contribution in [3.05, 3.63) is 24.3 Å². The topological polar surface area (TPSA) is 41.8 Å². The highest BCUT2D eigenvalue weighted by atomic mass is 16.6. The van der Waals surface area contributed by atoms with Crippen LogP contribution >= 0.6 is 0 Å². The largest absolute Gasteiger partial charge is 0.457 e. The molecule has 1 heterocycles. The van der Waals surface area contributed by atoms with Crippen molar-refractivity contribution in [3.8, 4) is 5.75 Å².